The van der Waals surface area contributed by atoms with Crippen molar-refractivity contribution in [1.29, 1.82) is 0 Å². The van der Waals surface area contributed by atoms with Gasteiger partial charge in [0.1, 0.15) is 0 Å². The molecule has 1 aromatic carbocycles. The van der Waals surface area contributed by atoms with Gasteiger partial charge in [0.05, 0.1) is 11.7 Å². The summed E-state index contributed by atoms with van der Waals surface area (Å²) in [5.74, 6) is 0.330. The molecule has 2 rings (SSSR count). The van der Waals surface area contributed by atoms with E-state index in [1.54, 1.807) is 0 Å². The van der Waals surface area contributed by atoms with Gasteiger partial charge in [-0.1, -0.05) is 25.5 Å². The van der Waals surface area contributed by atoms with Crippen molar-refractivity contribution in [3.05, 3.63) is 47.8 Å². The number of rotatable bonds is 4. The molecule has 0 bridgehead atoms. The molecule has 0 spiro atoms. The smallest absolute Gasteiger partial charge is 0.388 e. The van der Waals surface area contributed by atoms with Gasteiger partial charge < -0.3 is 5.11 Å². The Kier molecular flexibility index (Phi) is 4.57. The van der Waals surface area contributed by atoms with Gasteiger partial charge in [-0.05, 0) is 18.6 Å². The lowest BCUT2D eigenvalue weighted by Gasteiger charge is -2.10. The summed E-state index contributed by atoms with van der Waals surface area (Å²) in [7, 11) is 0. The summed E-state index contributed by atoms with van der Waals surface area (Å²) in [6, 6.07) is 4.66. The summed E-state index contributed by atoms with van der Waals surface area (Å²) in [5, 5.41) is 9.80. The van der Waals surface area contributed by atoms with Crippen LogP contribution in [0.5, 0.6) is 0 Å². The molecule has 2 aromatic rings. The van der Waals surface area contributed by atoms with Crippen LogP contribution >= 0.6 is 0 Å². The Labute approximate surface area is 120 Å². The van der Waals surface area contributed by atoms with Gasteiger partial charge in [-0.2, -0.15) is 13.2 Å². The van der Waals surface area contributed by atoms with Crippen molar-refractivity contribution in [2.24, 2.45) is 0 Å². The zero-order valence-electron chi connectivity index (χ0n) is 11.4. The first-order valence-corrected chi connectivity index (χ1v) is 6.59. The molecule has 1 heterocycles. The topological polar surface area (TPSA) is 46.0 Å². The molecule has 6 heteroatoms. The van der Waals surface area contributed by atoms with Gasteiger partial charge >= 0.3 is 6.18 Å². The minimum absolute atomic E-state index is 0.330. The fourth-order valence-electron chi connectivity index (χ4n) is 1.91. The predicted molar refractivity (Wildman–Crippen MR) is 72.3 cm³/mol. The van der Waals surface area contributed by atoms with Crippen LogP contribution < -0.4 is 0 Å². The summed E-state index contributed by atoms with van der Waals surface area (Å²) < 4.78 is 37.4. The Morgan fingerprint density at radius 3 is 2.14 bits per heavy atom. The van der Waals surface area contributed by atoms with E-state index in [0.29, 0.717) is 23.4 Å². The van der Waals surface area contributed by atoms with Gasteiger partial charge in [0.15, 0.2) is 5.82 Å². The first-order chi connectivity index (χ1) is 9.91. The van der Waals surface area contributed by atoms with Gasteiger partial charge in [-0.3, -0.25) is 0 Å². The Hall–Kier alpha value is -1.95. The molecule has 1 atom stereocenters. The lowest BCUT2D eigenvalue weighted by Crippen LogP contribution is -2.04. The van der Waals surface area contributed by atoms with E-state index >= 15 is 0 Å². The molecule has 0 aliphatic rings. The van der Waals surface area contributed by atoms with Gasteiger partial charge in [-0.15, -0.1) is 0 Å². The molecule has 0 amide bonds. The van der Waals surface area contributed by atoms with Crippen LogP contribution in [0.3, 0.4) is 0 Å². The lowest BCUT2D eigenvalue weighted by molar-refractivity contribution is -0.137. The largest absolute Gasteiger partial charge is 0.416 e. The molecule has 0 radical (unpaired) electrons. The maximum Gasteiger partial charge on any atom is 0.416 e. The van der Waals surface area contributed by atoms with Crippen LogP contribution in [0.4, 0.5) is 13.2 Å². The second-order valence-electron chi connectivity index (χ2n) is 4.72. The number of hydrogen-bond donors (Lipinski definition) is 1. The highest BCUT2D eigenvalue weighted by molar-refractivity contribution is 5.55. The molecule has 0 aliphatic carbocycles. The van der Waals surface area contributed by atoms with E-state index in [9.17, 15) is 18.3 Å². The maximum absolute atomic E-state index is 12.5. The third kappa shape index (κ3) is 3.78. The van der Waals surface area contributed by atoms with Crippen LogP contribution in [0.15, 0.2) is 36.7 Å². The molecule has 0 saturated heterocycles. The van der Waals surface area contributed by atoms with E-state index in [-0.39, 0.29) is 0 Å². The summed E-state index contributed by atoms with van der Waals surface area (Å²) in [6.07, 6.45) is -0.518. The monoisotopic (exact) mass is 296 g/mol. The van der Waals surface area contributed by atoms with E-state index in [0.717, 1.165) is 18.6 Å². The number of hydrogen-bond acceptors (Lipinski definition) is 3. The third-order valence-corrected chi connectivity index (χ3v) is 3.09. The predicted octanol–water partition coefficient (Wildman–Crippen LogP) is 4.00. The number of alkyl halides is 3. The molecule has 112 valence electrons. The number of halogens is 3. The zero-order chi connectivity index (χ0) is 15.5. The van der Waals surface area contributed by atoms with Crippen LogP contribution in [0.1, 0.15) is 37.0 Å². The quantitative estimate of drug-likeness (QED) is 0.927. The third-order valence-electron chi connectivity index (χ3n) is 3.09. The van der Waals surface area contributed by atoms with Gasteiger partial charge in [-0.25, -0.2) is 9.97 Å². The van der Waals surface area contributed by atoms with E-state index in [4.69, 9.17) is 0 Å². The van der Waals surface area contributed by atoms with E-state index < -0.39 is 17.8 Å². The minimum Gasteiger partial charge on any atom is -0.388 e. The van der Waals surface area contributed by atoms with Crippen LogP contribution in [0.2, 0.25) is 0 Å². The average Bonchev–Trinajstić information content (AvgIpc) is 2.47. The second kappa shape index (κ2) is 6.22. The summed E-state index contributed by atoms with van der Waals surface area (Å²) in [4.78, 5) is 8.18. The Bertz CT molecular complexity index is 579. The Morgan fingerprint density at radius 1 is 1.10 bits per heavy atom. The molecular formula is C15H15F3N2O. The highest BCUT2D eigenvalue weighted by Crippen LogP contribution is 2.30. The first kappa shape index (κ1) is 15.4. The van der Waals surface area contributed by atoms with Gasteiger partial charge in [0.25, 0.3) is 0 Å². The fraction of sp³-hybridized carbons (Fsp3) is 0.333. The maximum atomic E-state index is 12.5. The fourth-order valence-corrected chi connectivity index (χ4v) is 1.91. The molecule has 1 unspecified atom stereocenters. The summed E-state index contributed by atoms with van der Waals surface area (Å²) >= 11 is 0. The Balaban J connectivity index is 2.19. The second-order valence-corrected chi connectivity index (χ2v) is 4.72. The molecule has 1 N–H and O–H groups in total. The van der Waals surface area contributed by atoms with Gasteiger partial charge in [0.2, 0.25) is 0 Å². The molecule has 1 aromatic heterocycles. The van der Waals surface area contributed by atoms with E-state index in [2.05, 4.69) is 9.97 Å². The highest BCUT2D eigenvalue weighted by Gasteiger charge is 2.30. The summed E-state index contributed by atoms with van der Waals surface area (Å²) in [6.45, 7) is 1.96. The molecule has 0 saturated carbocycles. The SMILES string of the molecule is CCCC(O)c1cnc(-c2ccc(C(F)(F)F)cc2)nc1. The number of aliphatic hydroxyl groups is 1. The van der Waals surface area contributed by atoms with Crippen LogP contribution in [0, 0.1) is 0 Å². The molecule has 0 aliphatic heterocycles. The number of aromatic nitrogens is 2. The number of benzene rings is 1. The van der Waals surface area contributed by atoms with Crippen LogP contribution in [-0.2, 0) is 6.18 Å². The van der Waals surface area contributed by atoms with E-state index in [1.807, 2.05) is 6.92 Å². The molecular weight excluding hydrogens is 281 g/mol. The average molecular weight is 296 g/mol. The molecule has 0 fully saturated rings. The van der Waals surface area contributed by atoms with Crippen molar-refractivity contribution in [2.45, 2.75) is 32.0 Å². The van der Waals surface area contributed by atoms with Crippen molar-refractivity contribution >= 4 is 0 Å². The van der Waals surface area contributed by atoms with Crippen molar-refractivity contribution < 1.29 is 18.3 Å². The standard InChI is InChI=1S/C15H15F3N2O/c1-2-3-13(21)11-8-19-14(20-9-11)10-4-6-12(7-5-10)15(16,17)18/h4-9,13,21H,2-3H2,1H3. The van der Waals surface area contributed by atoms with Crippen molar-refractivity contribution in [2.75, 3.05) is 0 Å². The normalized spacial score (nSPS) is 13.2. The molecule has 3 nitrogen and oxygen atoms in total. The molecule has 21 heavy (non-hydrogen) atoms. The van der Waals surface area contributed by atoms with Gasteiger partial charge in [0, 0.05) is 23.5 Å². The van der Waals surface area contributed by atoms with Crippen LogP contribution in [-0.4, -0.2) is 15.1 Å². The lowest BCUT2D eigenvalue weighted by atomic mass is 10.1. The first-order valence-electron chi connectivity index (χ1n) is 6.59. The highest BCUT2D eigenvalue weighted by atomic mass is 19.4. The van der Waals surface area contributed by atoms with Crippen LogP contribution in [0.25, 0.3) is 11.4 Å². The number of nitrogens with zero attached hydrogens (tertiary/aromatic N) is 2. The van der Waals surface area contributed by atoms with Crippen molar-refractivity contribution in [3.63, 3.8) is 0 Å². The Morgan fingerprint density at radius 2 is 1.67 bits per heavy atom. The zero-order valence-corrected chi connectivity index (χ0v) is 11.4. The number of aliphatic hydroxyl groups excluding tert-OH is 1. The summed E-state index contributed by atoms with van der Waals surface area (Å²) in [5.41, 5.74) is 0.397. The van der Waals surface area contributed by atoms with E-state index in [1.165, 1.54) is 24.5 Å². The van der Waals surface area contributed by atoms with Crippen molar-refractivity contribution in [1.82, 2.24) is 9.97 Å². The minimum atomic E-state index is -4.35. The van der Waals surface area contributed by atoms with Crippen molar-refractivity contribution in [3.8, 4) is 11.4 Å².